The van der Waals surface area contributed by atoms with Gasteiger partial charge in [0.05, 0.1) is 7.11 Å². The molecular weight excluding hydrogens is 192 g/mol. The monoisotopic (exact) mass is 210 g/mol. The van der Waals surface area contributed by atoms with E-state index < -0.39 is 0 Å². The Bertz CT molecular complexity index is 350. The molecule has 0 aliphatic heterocycles. The Morgan fingerprint density at radius 3 is 2.60 bits per heavy atom. The van der Waals surface area contributed by atoms with E-state index in [1.807, 2.05) is 17.7 Å². The van der Waals surface area contributed by atoms with Crippen LogP contribution in [0, 0.1) is 0 Å². The molecule has 0 radical (unpaired) electrons. The summed E-state index contributed by atoms with van der Waals surface area (Å²) in [5, 5.41) is 0. The SMILES string of the molecule is COC(=O)C(C)n1ccnc1C(C)(C)C. The molecule has 1 aromatic heterocycles. The van der Waals surface area contributed by atoms with Gasteiger partial charge in [-0.3, -0.25) is 0 Å². The molecule has 1 atom stereocenters. The molecule has 1 unspecified atom stereocenters. The third kappa shape index (κ3) is 2.37. The molecule has 1 aromatic rings. The first-order chi connectivity index (χ1) is 6.88. The van der Waals surface area contributed by atoms with Crippen LogP contribution in [0.2, 0.25) is 0 Å². The molecule has 0 saturated heterocycles. The van der Waals surface area contributed by atoms with Gasteiger partial charge in [0.1, 0.15) is 11.9 Å². The second-order valence-electron chi connectivity index (χ2n) is 4.61. The van der Waals surface area contributed by atoms with Crippen LogP contribution in [-0.2, 0) is 14.9 Å². The van der Waals surface area contributed by atoms with E-state index >= 15 is 0 Å². The van der Waals surface area contributed by atoms with Crippen LogP contribution in [0.1, 0.15) is 39.6 Å². The molecule has 0 aromatic carbocycles. The molecule has 0 bridgehead atoms. The number of nitrogens with zero attached hydrogens (tertiary/aromatic N) is 2. The Morgan fingerprint density at radius 1 is 1.53 bits per heavy atom. The van der Waals surface area contributed by atoms with E-state index in [0.717, 1.165) is 5.82 Å². The van der Waals surface area contributed by atoms with E-state index in [4.69, 9.17) is 4.74 Å². The highest BCUT2D eigenvalue weighted by Gasteiger charge is 2.25. The van der Waals surface area contributed by atoms with E-state index in [1.165, 1.54) is 7.11 Å². The van der Waals surface area contributed by atoms with Gasteiger partial charge in [-0.25, -0.2) is 9.78 Å². The number of aromatic nitrogens is 2. The summed E-state index contributed by atoms with van der Waals surface area (Å²) in [5.41, 5.74) is -0.0776. The summed E-state index contributed by atoms with van der Waals surface area (Å²) in [5.74, 6) is 0.638. The zero-order valence-corrected chi connectivity index (χ0v) is 9.94. The zero-order chi connectivity index (χ0) is 11.6. The Balaban J connectivity index is 3.05. The van der Waals surface area contributed by atoms with Crippen molar-refractivity contribution in [1.82, 2.24) is 9.55 Å². The molecule has 4 nitrogen and oxygen atoms in total. The highest BCUT2D eigenvalue weighted by Crippen LogP contribution is 2.23. The average Bonchev–Trinajstić information content (AvgIpc) is 2.63. The van der Waals surface area contributed by atoms with Gasteiger partial charge < -0.3 is 9.30 Å². The van der Waals surface area contributed by atoms with E-state index in [1.54, 1.807) is 6.20 Å². The fourth-order valence-corrected chi connectivity index (χ4v) is 1.49. The molecule has 1 heterocycles. The first-order valence-corrected chi connectivity index (χ1v) is 4.99. The molecule has 84 valence electrons. The van der Waals surface area contributed by atoms with Gasteiger partial charge in [-0.15, -0.1) is 0 Å². The smallest absolute Gasteiger partial charge is 0.328 e. The standard InChI is InChI=1S/C11H18N2O2/c1-8(9(14)15-5)13-7-6-12-10(13)11(2,3)4/h6-8H,1-5H3. The lowest BCUT2D eigenvalue weighted by atomic mass is 9.95. The maximum absolute atomic E-state index is 11.4. The predicted octanol–water partition coefficient (Wildman–Crippen LogP) is 1.91. The first kappa shape index (κ1) is 11.8. The Labute approximate surface area is 90.3 Å². The summed E-state index contributed by atoms with van der Waals surface area (Å²) in [7, 11) is 1.40. The van der Waals surface area contributed by atoms with Crippen molar-refractivity contribution >= 4 is 5.97 Å². The number of hydrogen-bond donors (Lipinski definition) is 0. The van der Waals surface area contributed by atoms with Gasteiger partial charge in [0.25, 0.3) is 0 Å². The molecule has 1 rings (SSSR count). The van der Waals surface area contributed by atoms with E-state index in [0.29, 0.717) is 0 Å². The molecule has 4 heteroatoms. The maximum atomic E-state index is 11.4. The van der Waals surface area contributed by atoms with E-state index in [-0.39, 0.29) is 17.4 Å². The minimum Gasteiger partial charge on any atom is -0.467 e. The topological polar surface area (TPSA) is 44.1 Å². The fraction of sp³-hybridized carbons (Fsp3) is 0.636. The molecule has 0 N–H and O–H groups in total. The van der Waals surface area contributed by atoms with Crippen LogP contribution in [0.25, 0.3) is 0 Å². The van der Waals surface area contributed by atoms with Crippen LogP contribution in [0.15, 0.2) is 12.4 Å². The molecule has 15 heavy (non-hydrogen) atoms. The molecule has 0 amide bonds. The molecule has 0 fully saturated rings. The van der Waals surface area contributed by atoms with Crippen LogP contribution in [0.4, 0.5) is 0 Å². The second-order valence-corrected chi connectivity index (χ2v) is 4.61. The number of imidazole rings is 1. The summed E-state index contributed by atoms with van der Waals surface area (Å²) >= 11 is 0. The Hall–Kier alpha value is -1.32. The van der Waals surface area contributed by atoms with Crippen molar-refractivity contribution in [2.45, 2.75) is 39.2 Å². The van der Waals surface area contributed by atoms with Crippen molar-refractivity contribution in [2.24, 2.45) is 0 Å². The van der Waals surface area contributed by atoms with Gasteiger partial charge in [-0.2, -0.15) is 0 Å². The summed E-state index contributed by atoms with van der Waals surface area (Å²) in [6, 6.07) is -0.327. The van der Waals surface area contributed by atoms with Crippen LogP contribution in [-0.4, -0.2) is 22.6 Å². The first-order valence-electron chi connectivity index (χ1n) is 4.99. The highest BCUT2D eigenvalue weighted by molar-refractivity contribution is 5.73. The number of rotatable bonds is 2. The predicted molar refractivity (Wildman–Crippen MR) is 57.7 cm³/mol. The largest absolute Gasteiger partial charge is 0.467 e. The van der Waals surface area contributed by atoms with Gasteiger partial charge in [-0.1, -0.05) is 20.8 Å². The lowest BCUT2D eigenvalue weighted by Gasteiger charge is -2.22. The Kier molecular flexibility index (Phi) is 3.17. The number of carbonyl (C=O) groups excluding carboxylic acids is 1. The zero-order valence-electron chi connectivity index (χ0n) is 9.94. The maximum Gasteiger partial charge on any atom is 0.328 e. The van der Waals surface area contributed by atoms with Crippen molar-refractivity contribution in [3.8, 4) is 0 Å². The average molecular weight is 210 g/mol. The molecule has 0 spiro atoms. The van der Waals surface area contributed by atoms with Crippen LogP contribution in [0.3, 0.4) is 0 Å². The summed E-state index contributed by atoms with van der Waals surface area (Å²) in [4.78, 5) is 15.7. The Morgan fingerprint density at radius 2 is 2.13 bits per heavy atom. The molecule has 0 aliphatic carbocycles. The van der Waals surface area contributed by atoms with Crippen molar-refractivity contribution in [1.29, 1.82) is 0 Å². The minimum atomic E-state index is -0.327. The summed E-state index contributed by atoms with van der Waals surface area (Å²) in [6.45, 7) is 8.00. The molecular formula is C11H18N2O2. The van der Waals surface area contributed by atoms with Crippen molar-refractivity contribution < 1.29 is 9.53 Å². The quantitative estimate of drug-likeness (QED) is 0.700. The molecule has 0 saturated carbocycles. The normalized spacial score (nSPS) is 13.7. The van der Waals surface area contributed by atoms with Crippen LogP contribution in [0.5, 0.6) is 0 Å². The fourth-order valence-electron chi connectivity index (χ4n) is 1.49. The number of ether oxygens (including phenoxy) is 1. The lowest BCUT2D eigenvalue weighted by molar-refractivity contribution is -0.144. The van der Waals surface area contributed by atoms with Gasteiger partial charge in [-0.05, 0) is 6.92 Å². The minimum absolute atomic E-state index is 0.0776. The number of hydrogen-bond acceptors (Lipinski definition) is 3. The number of carbonyl (C=O) groups is 1. The number of esters is 1. The van der Waals surface area contributed by atoms with Crippen LogP contribution >= 0.6 is 0 Å². The lowest BCUT2D eigenvalue weighted by Crippen LogP contribution is -2.25. The van der Waals surface area contributed by atoms with Crippen molar-refractivity contribution in [3.05, 3.63) is 18.2 Å². The number of methoxy groups -OCH3 is 1. The van der Waals surface area contributed by atoms with Gasteiger partial charge in [0.15, 0.2) is 0 Å². The third-order valence-electron chi connectivity index (χ3n) is 2.30. The van der Waals surface area contributed by atoms with Crippen molar-refractivity contribution in [3.63, 3.8) is 0 Å². The van der Waals surface area contributed by atoms with Gasteiger partial charge in [0, 0.05) is 17.8 Å². The van der Waals surface area contributed by atoms with E-state index in [9.17, 15) is 4.79 Å². The third-order valence-corrected chi connectivity index (χ3v) is 2.30. The summed E-state index contributed by atoms with van der Waals surface area (Å²) in [6.07, 6.45) is 3.52. The second kappa shape index (κ2) is 4.04. The van der Waals surface area contributed by atoms with Crippen LogP contribution < -0.4 is 0 Å². The van der Waals surface area contributed by atoms with Gasteiger partial charge in [0.2, 0.25) is 0 Å². The van der Waals surface area contributed by atoms with Gasteiger partial charge >= 0.3 is 5.97 Å². The summed E-state index contributed by atoms with van der Waals surface area (Å²) < 4.78 is 6.57. The van der Waals surface area contributed by atoms with E-state index in [2.05, 4.69) is 25.8 Å². The highest BCUT2D eigenvalue weighted by atomic mass is 16.5. The van der Waals surface area contributed by atoms with Crippen molar-refractivity contribution in [2.75, 3.05) is 7.11 Å². The molecule has 0 aliphatic rings.